The fourth-order valence-corrected chi connectivity index (χ4v) is 4.42. The molecule has 0 aromatic carbocycles. The van der Waals surface area contributed by atoms with Crippen molar-refractivity contribution < 1.29 is 9.59 Å². The summed E-state index contributed by atoms with van der Waals surface area (Å²) in [7, 11) is 3.94. The lowest BCUT2D eigenvalue weighted by atomic mass is 9.92. The SMILES string of the molecule is CN(C1=CC(=O)C(N(C)C2CCCCC2)=CC1=O)C1CCCCC1. The summed E-state index contributed by atoms with van der Waals surface area (Å²) >= 11 is 0. The smallest absolute Gasteiger partial charge is 0.204 e. The van der Waals surface area contributed by atoms with E-state index in [1.54, 1.807) is 12.2 Å². The molecule has 2 saturated carbocycles. The maximum Gasteiger partial charge on any atom is 0.204 e. The van der Waals surface area contributed by atoms with Gasteiger partial charge in [0.2, 0.25) is 11.6 Å². The molecule has 0 bridgehead atoms. The van der Waals surface area contributed by atoms with E-state index < -0.39 is 0 Å². The number of rotatable bonds is 4. The zero-order chi connectivity index (χ0) is 17.1. The quantitative estimate of drug-likeness (QED) is 0.741. The first-order valence-corrected chi connectivity index (χ1v) is 9.55. The highest BCUT2D eigenvalue weighted by molar-refractivity contribution is 6.19. The van der Waals surface area contributed by atoms with Crippen molar-refractivity contribution >= 4 is 11.6 Å². The molecule has 0 aromatic rings. The molecule has 2 fully saturated rings. The molecule has 4 heteroatoms. The molecule has 0 radical (unpaired) electrons. The minimum atomic E-state index is -0.0136. The van der Waals surface area contributed by atoms with Gasteiger partial charge in [-0.3, -0.25) is 9.59 Å². The standard InChI is InChI=1S/C20H30N2O2/c1-21(15-9-5-3-6-10-15)17-13-20(24)18(14-19(17)23)22(2)16-11-7-4-8-12-16/h13-16H,3-12H2,1-2H3. The molecule has 0 atom stereocenters. The van der Waals surface area contributed by atoms with Gasteiger partial charge < -0.3 is 9.80 Å². The van der Waals surface area contributed by atoms with Crippen LogP contribution < -0.4 is 0 Å². The number of carbonyl (C=O) groups excluding carboxylic acids is 2. The van der Waals surface area contributed by atoms with Crippen molar-refractivity contribution in [2.75, 3.05) is 14.1 Å². The maximum atomic E-state index is 12.7. The van der Waals surface area contributed by atoms with Crippen LogP contribution in [-0.4, -0.2) is 47.5 Å². The van der Waals surface area contributed by atoms with Crippen LogP contribution in [0.15, 0.2) is 23.5 Å². The van der Waals surface area contributed by atoms with Crippen molar-refractivity contribution in [3.05, 3.63) is 23.5 Å². The second-order valence-electron chi connectivity index (χ2n) is 7.59. The summed E-state index contributed by atoms with van der Waals surface area (Å²) in [6.07, 6.45) is 15.1. The average molecular weight is 330 g/mol. The van der Waals surface area contributed by atoms with Gasteiger partial charge in [0, 0.05) is 38.3 Å². The third kappa shape index (κ3) is 3.57. The third-order valence-corrected chi connectivity index (χ3v) is 6.05. The van der Waals surface area contributed by atoms with Gasteiger partial charge in [0.15, 0.2) is 0 Å². The van der Waals surface area contributed by atoms with Crippen LogP contribution in [0.5, 0.6) is 0 Å². The number of hydrogen-bond donors (Lipinski definition) is 0. The largest absolute Gasteiger partial charge is 0.368 e. The number of nitrogens with zero attached hydrogens (tertiary/aromatic N) is 2. The number of likely N-dealkylation sites (N-methyl/N-ethyl adjacent to an activating group) is 2. The van der Waals surface area contributed by atoms with E-state index in [4.69, 9.17) is 0 Å². The summed E-state index contributed by atoms with van der Waals surface area (Å²) in [5.41, 5.74) is 1.15. The number of hydrogen-bond acceptors (Lipinski definition) is 4. The van der Waals surface area contributed by atoms with Gasteiger partial charge in [-0.25, -0.2) is 0 Å². The molecule has 4 nitrogen and oxygen atoms in total. The van der Waals surface area contributed by atoms with Crippen LogP contribution in [0.25, 0.3) is 0 Å². The summed E-state index contributed by atoms with van der Waals surface area (Å²) in [5, 5.41) is 0. The van der Waals surface area contributed by atoms with Crippen molar-refractivity contribution in [3.63, 3.8) is 0 Å². The monoisotopic (exact) mass is 330 g/mol. The fourth-order valence-electron chi connectivity index (χ4n) is 4.42. The van der Waals surface area contributed by atoms with Gasteiger partial charge in [0.1, 0.15) is 0 Å². The minimum Gasteiger partial charge on any atom is -0.368 e. The normalized spacial score (nSPS) is 23.8. The molecule has 0 unspecified atom stereocenters. The van der Waals surface area contributed by atoms with E-state index in [9.17, 15) is 9.59 Å². The van der Waals surface area contributed by atoms with E-state index in [2.05, 4.69) is 0 Å². The van der Waals surface area contributed by atoms with Crippen LogP contribution >= 0.6 is 0 Å². The summed E-state index contributed by atoms with van der Waals surface area (Å²) < 4.78 is 0. The Labute approximate surface area is 145 Å². The maximum absolute atomic E-state index is 12.7. The predicted octanol–water partition coefficient (Wildman–Crippen LogP) is 3.44. The molecule has 0 aromatic heterocycles. The Morgan fingerprint density at radius 2 is 1.00 bits per heavy atom. The van der Waals surface area contributed by atoms with Crippen LogP contribution in [0.2, 0.25) is 0 Å². The van der Waals surface area contributed by atoms with Gasteiger partial charge >= 0.3 is 0 Å². The average Bonchev–Trinajstić information content (AvgIpc) is 2.63. The van der Waals surface area contributed by atoms with Crippen molar-refractivity contribution in [1.29, 1.82) is 0 Å². The summed E-state index contributed by atoms with van der Waals surface area (Å²) in [4.78, 5) is 29.4. The van der Waals surface area contributed by atoms with Crippen molar-refractivity contribution in [3.8, 4) is 0 Å². The van der Waals surface area contributed by atoms with Gasteiger partial charge in [-0.05, 0) is 25.7 Å². The molecule has 0 spiro atoms. The van der Waals surface area contributed by atoms with Crippen LogP contribution in [0.3, 0.4) is 0 Å². The van der Waals surface area contributed by atoms with Gasteiger partial charge in [-0.2, -0.15) is 0 Å². The molecule has 3 rings (SSSR count). The molecular formula is C20H30N2O2. The van der Waals surface area contributed by atoms with Crippen molar-refractivity contribution in [1.82, 2.24) is 9.80 Å². The molecule has 3 aliphatic rings. The zero-order valence-electron chi connectivity index (χ0n) is 15.1. The predicted molar refractivity (Wildman–Crippen MR) is 95.5 cm³/mol. The second kappa shape index (κ2) is 7.54. The topological polar surface area (TPSA) is 40.6 Å². The van der Waals surface area contributed by atoms with E-state index in [1.807, 2.05) is 23.9 Å². The molecule has 24 heavy (non-hydrogen) atoms. The summed E-state index contributed by atoms with van der Waals surface area (Å²) in [6.45, 7) is 0. The Morgan fingerprint density at radius 1 is 0.667 bits per heavy atom. The van der Waals surface area contributed by atoms with E-state index in [0.717, 1.165) is 25.7 Å². The number of carbonyl (C=O) groups is 2. The molecular weight excluding hydrogens is 300 g/mol. The summed E-state index contributed by atoms with van der Waals surface area (Å²) in [6, 6.07) is 0.792. The Bertz CT molecular complexity index is 502. The minimum absolute atomic E-state index is 0.0136. The van der Waals surface area contributed by atoms with Crippen LogP contribution in [0.4, 0.5) is 0 Å². The van der Waals surface area contributed by atoms with Gasteiger partial charge in [0.05, 0.1) is 11.4 Å². The highest BCUT2D eigenvalue weighted by Crippen LogP contribution is 2.29. The van der Waals surface area contributed by atoms with Gasteiger partial charge in [-0.1, -0.05) is 38.5 Å². The first kappa shape index (κ1) is 17.2. The molecule has 0 amide bonds. The molecule has 0 heterocycles. The summed E-state index contributed by atoms with van der Waals surface area (Å²) in [5.74, 6) is -0.0272. The lowest BCUT2D eigenvalue weighted by Crippen LogP contribution is -2.40. The van der Waals surface area contributed by atoms with Gasteiger partial charge in [0.25, 0.3) is 0 Å². The lowest BCUT2D eigenvalue weighted by Gasteiger charge is -2.37. The Kier molecular flexibility index (Phi) is 5.42. The fraction of sp³-hybridized carbons (Fsp3) is 0.700. The first-order valence-electron chi connectivity index (χ1n) is 9.55. The molecule has 0 aliphatic heterocycles. The van der Waals surface area contributed by atoms with Gasteiger partial charge in [-0.15, -0.1) is 0 Å². The van der Waals surface area contributed by atoms with E-state index in [1.165, 1.54) is 38.5 Å². The van der Waals surface area contributed by atoms with Crippen molar-refractivity contribution in [2.45, 2.75) is 76.3 Å². The van der Waals surface area contributed by atoms with Crippen LogP contribution in [0.1, 0.15) is 64.2 Å². The van der Waals surface area contributed by atoms with Crippen LogP contribution in [0, 0.1) is 0 Å². The molecule has 3 aliphatic carbocycles. The van der Waals surface area contributed by atoms with E-state index in [-0.39, 0.29) is 11.6 Å². The Hall–Kier alpha value is -1.58. The lowest BCUT2D eigenvalue weighted by molar-refractivity contribution is -0.117. The highest BCUT2D eigenvalue weighted by Gasteiger charge is 2.30. The zero-order valence-corrected chi connectivity index (χ0v) is 15.1. The molecule has 0 saturated heterocycles. The Balaban J connectivity index is 1.71. The van der Waals surface area contributed by atoms with Crippen LogP contribution in [-0.2, 0) is 9.59 Å². The molecule has 132 valence electrons. The van der Waals surface area contributed by atoms with Crippen molar-refractivity contribution in [2.24, 2.45) is 0 Å². The second-order valence-corrected chi connectivity index (χ2v) is 7.59. The van der Waals surface area contributed by atoms with E-state index in [0.29, 0.717) is 23.5 Å². The molecule has 0 N–H and O–H groups in total. The Morgan fingerprint density at radius 3 is 1.33 bits per heavy atom. The third-order valence-electron chi connectivity index (χ3n) is 6.05. The van der Waals surface area contributed by atoms with E-state index >= 15 is 0 Å². The number of ketones is 2. The number of allylic oxidation sites excluding steroid dienone is 2. The highest BCUT2D eigenvalue weighted by atomic mass is 16.1. The first-order chi connectivity index (χ1) is 11.6.